The van der Waals surface area contributed by atoms with E-state index in [2.05, 4.69) is 5.32 Å². The van der Waals surface area contributed by atoms with Crippen LogP contribution >= 0.6 is 0 Å². The fourth-order valence-electron chi connectivity index (χ4n) is 3.45. The minimum Gasteiger partial charge on any atom is -0.353 e. The summed E-state index contributed by atoms with van der Waals surface area (Å²) in [4.78, 5) is 28.4. The second-order valence-electron chi connectivity index (χ2n) is 7.03. The minimum atomic E-state index is -0.303. The summed E-state index contributed by atoms with van der Waals surface area (Å²) in [6.45, 7) is 2.00. The Balaban J connectivity index is 1.70. The number of hydrogen-bond acceptors (Lipinski definition) is 5. The Morgan fingerprint density at radius 1 is 1.19 bits per heavy atom. The second-order valence-corrected chi connectivity index (χ2v) is 7.03. The molecule has 1 fully saturated rings. The van der Waals surface area contributed by atoms with Crippen molar-refractivity contribution in [2.24, 2.45) is 5.92 Å². The van der Waals surface area contributed by atoms with E-state index in [1.807, 2.05) is 61.2 Å². The van der Waals surface area contributed by atoms with Crippen molar-refractivity contribution in [2.45, 2.75) is 38.6 Å². The number of nitrogens with zero attached hydrogens (tertiary/aromatic N) is 3. The fraction of sp³-hybridized carbons (Fsp3) is 0.450. The number of carbonyl (C=O) groups excluding carboxylic acids is 2. The summed E-state index contributed by atoms with van der Waals surface area (Å²) >= 11 is 0. The molecule has 2 aliphatic rings. The first-order valence-electron chi connectivity index (χ1n) is 8.97. The van der Waals surface area contributed by atoms with Crippen LogP contribution in [0.15, 0.2) is 35.7 Å². The predicted octanol–water partition coefficient (Wildman–Crippen LogP) is 2.57. The number of fused-ring (bicyclic) bond motifs is 1. The van der Waals surface area contributed by atoms with E-state index in [1.165, 1.54) is 0 Å². The van der Waals surface area contributed by atoms with Crippen molar-refractivity contribution in [2.75, 3.05) is 23.9 Å². The van der Waals surface area contributed by atoms with Crippen LogP contribution in [0.1, 0.15) is 32.6 Å². The van der Waals surface area contributed by atoms with Gasteiger partial charge < -0.3 is 15.1 Å². The van der Waals surface area contributed by atoms with Gasteiger partial charge in [-0.1, -0.05) is 12.1 Å². The topological polar surface area (TPSA) is 76.4 Å². The zero-order valence-electron chi connectivity index (χ0n) is 15.5. The highest BCUT2D eigenvalue weighted by molar-refractivity contribution is 6.03. The van der Waals surface area contributed by atoms with Gasteiger partial charge in [-0.2, -0.15) is 5.26 Å². The summed E-state index contributed by atoms with van der Waals surface area (Å²) in [6, 6.07) is 9.95. The van der Waals surface area contributed by atoms with E-state index in [9.17, 15) is 14.9 Å². The highest BCUT2D eigenvalue weighted by Gasteiger charge is 2.32. The van der Waals surface area contributed by atoms with Crippen LogP contribution in [0.3, 0.4) is 0 Å². The van der Waals surface area contributed by atoms with Crippen molar-refractivity contribution >= 4 is 23.1 Å². The molecule has 1 heterocycles. The first kappa shape index (κ1) is 18.0. The summed E-state index contributed by atoms with van der Waals surface area (Å²) < 4.78 is 0. The SMILES string of the molecule is CC(NC(=O)CCC(=O)C(C#N)=C1N(C)c2ccccc2N1C)C1CC1. The average Bonchev–Trinajstić information content (AvgIpc) is 3.45. The number of para-hydroxylation sites is 2. The Morgan fingerprint density at radius 3 is 2.27 bits per heavy atom. The predicted molar refractivity (Wildman–Crippen MR) is 100 cm³/mol. The Labute approximate surface area is 154 Å². The number of nitriles is 1. The van der Waals surface area contributed by atoms with Gasteiger partial charge >= 0.3 is 0 Å². The number of carbonyl (C=O) groups is 2. The monoisotopic (exact) mass is 352 g/mol. The van der Waals surface area contributed by atoms with E-state index in [0.29, 0.717) is 11.7 Å². The molecule has 1 aliphatic carbocycles. The number of rotatable bonds is 6. The second kappa shape index (κ2) is 7.20. The third kappa shape index (κ3) is 3.43. The van der Waals surface area contributed by atoms with Gasteiger partial charge in [0.15, 0.2) is 5.78 Å². The first-order chi connectivity index (χ1) is 12.4. The van der Waals surface area contributed by atoms with Gasteiger partial charge in [-0.15, -0.1) is 0 Å². The van der Waals surface area contributed by atoms with Crippen LogP contribution in [0.5, 0.6) is 0 Å². The molecule has 0 aromatic heterocycles. The van der Waals surface area contributed by atoms with Crippen molar-refractivity contribution in [1.29, 1.82) is 5.26 Å². The van der Waals surface area contributed by atoms with E-state index >= 15 is 0 Å². The Morgan fingerprint density at radius 2 is 1.77 bits per heavy atom. The number of nitrogens with one attached hydrogen (secondary N) is 1. The smallest absolute Gasteiger partial charge is 0.220 e. The summed E-state index contributed by atoms with van der Waals surface area (Å²) in [6.07, 6.45) is 2.46. The van der Waals surface area contributed by atoms with Crippen LogP contribution in [-0.4, -0.2) is 31.8 Å². The van der Waals surface area contributed by atoms with Crippen molar-refractivity contribution in [1.82, 2.24) is 5.32 Å². The molecule has 1 amide bonds. The van der Waals surface area contributed by atoms with Crippen LogP contribution in [0.2, 0.25) is 0 Å². The fourth-order valence-corrected chi connectivity index (χ4v) is 3.45. The molecule has 6 heteroatoms. The van der Waals surface area contributed by atoms with E-state index in [4.69, 9.17) is 0 Å². The molecule has 0 radical (unpaired) electrons. The summed E-state index contributed by atoms with van der Waals surface area (Å²) in [7, 11) is 3.68. The molecular weight excluding hydrogens is 328 g/mol. The lowest BCUT2D eigenvalue weighted by molar-refractivity contribution is -0.124. The Kier molecular flexibility index (Phi) is 4.99. The van der Waals surface area contributed by atoms with E-state index < -0.39 is 0 Å². The number of hydrogen-bond donors (Lipinski definition) is 1. The number of benzene rings is 1. The van der Waals surface area contributed by atoms with Crippen molar-refractivity contribution in [3.63, 3.8) is 0 Å². The summed E-state index contributed by atoms with van der Waals surface area (Å²) in [5.41, 5.74) is 1.98. The molecule has 136 valence electrons. The third-order valence-electron chi connectivity index (χ3n) is 5.15. The van der Waals surface area contributed by atoms with Crippen LogP contribution < -0.4 is 15.1 Å². The van der Waals surface area contributed by atoms with Gasteiger partial charge in [0, 0.05) is 33.0 Å². The van der Waals surface area contributed by atoms with Gasteiger partial charge in [0.05, 0.1) is 11.4 Å². The lowest BCUT2D eigenvalue weighted by atomic mass is 10.1. The Bertz CT molecular complexity index is 773. The lowest BCUT2D eigenvalue weighted by Gasteiger charge is -2.20. The van der Waals surface area contributed by atoms with Crippen LogP contribution in [-0.2, 0) is 9.59 Å². The molecule has 1 aliphatic heterocycles. The number of amides is 1. The average molecular weight is 352 g/mol. The zero-order chi connectivity index (χ0) is 18.8. The molecule has 1 aromatic rings. The van der Waals surface area contributed by atoms with Gasteiger partial charge in [-0.3, -0.25) is 9.59 Å². The van der Waals surface area contributed by atoms with Gasteiger partial charge in [0.1, 0.15) is 17.5 Å². The zero-order valence-corrected chi connectivity index (χ0v) is 15.5. The van der Waals surface area contributed by atoms with Crippen LogP contribution in [0, 0.1) is 17.2 Å². The normalized spacial score (nSPS) is 16.8. The first-order valence-corrected chi connectivity index (χ1v) is 8.97. The van der Waals surface area contributed by atoms with Crippen molar-refractivity contribution < 1.29 is 9.59 Å². The molecule has 6 nitrogen and oxygen atoms in total. The molecule has 1 unspecified atom stereocenters. The van der Waals surface area contributed by atoms with E-state index in [1.54, 1.807) is 0 Å². The maximum absolute atomic E-state index is 12.6. The van der Waals surface area contributed by atoms with Crippen molar-refractivity contribution in [3.8, 4) is 6.07 Å². The molecule has 1 saturated carbocycles. The van der Waals surface area contributed by atoms with Gasteiger partial charge in [0.25, 0.3) is 0 Å². The molecule has 0 saturated heterocycles. The number of Topliss-reactive ketones (excluding diaryl/α,β-unsaturated/α-hetero) is 1. The van der Waals surface area contributed by atoms with E-state index in [0.717, 1.165) is 24.2 Å². The van der Waals surface area contributed by atoms with E-state index in [-0.39, 0.29) is 36.1 Å². The molecular formula is C20H24N4O2. The third-order valence-corrected chi connectivity index (χ3v) is 5.15. The summed E-state index contributed by atoms with van der Waals surface area (Å²) in [5, 5.41) is 12.5. The summed E-state index contributed by atoms with van der Waals surface area (Å²) in [5.74, 6) is 0.705. The number of anilines is 2. The number of allylic oxidation sites excluding steroid dienone is 1. The molecule has 26 heavy (non-hydrogen) atoms. The number of ketones is 1. The molecule has 1 atom stereocenters. The quantitative estimate of drug-likeness (QED) is 0.629. The van der Waals surface area contributed by atoms with Crippen molar-refractivity contribution in [3.05, 3.63) is 35.7 Å². The highest BCUT2D eigenvalue weighted by atomic mass is 16.2. The molecule has 0 bridgehead atoms. The Hall–Kier alpha value is -2.81. The van der Waals surface area contributed by atoms with Crippen LogP contribution in [0.25, 0.3) is 0 Å². The molecule has 1 N–H and O–H groups in total. The largest absolute Gasteiger partial charge is 0.353 e. The molecule has 1 aromatic carbocycles. The minimum absolute atomic E-state index is 0.0354. The van der Waals surface area contributed by atoms with Gasteiger partial charge in [-0.05, 0) is 37.8 Å². The van der Waals surface area contributed by atoms with Gasteiger partial charge in [0.2, 0.25) is 5.91 Å². The maximum atomic E-state index is 12.6. The molecule has 0 spiro atoms. The standard InChI is InChI=1S/C20H24N4O2/c1-13(14-8-9-14)22-19(26)11-10-18(25)15(12-21)20-23(2)16-6-4-5-7-17(16)24(20)3/h4-7,13-14H,8-11H2,1-3H3,(H,22,26). The maximum Gasteiger partial charge on any atom is 0.220 e. The lowest BCUT2D eigenvalue weighted by Crippen LogP contribution is -2.34. The van der Waals surface area contributed by atoms with Gasteiger partial charge in [-0.25, -0.2) is 0 Å². The molecule has 3 rings (SSSR count). The highest BCUT2D eigenvalue weighted by Crippen LogP contribution is 2.40. The van der Waals surface area contributed by atoms with Crippen LogP contribution in [0.4, 0.5) is 11.4 Å².